The Hall–Kier alpha value is -2.85. The van der Waals surface area contributed by atoms with Crippen LogP contribution in [0.25, 0.3) is 0 Å². The Morgan fingerprint density at radius 1 is 0.756 bits per heavy atom. The van der Waals surface area contributed by atoms with E-state index in [2.05, 4.69) is 16.0 Å². The van der Waals surface area contributed by atoms with Crippen LogP contribution in [0.15, 0.2) is 0 Å². The molecule has 1 fully saturated rings. The Kier molecular flexibility index (Phi) is 17.7. The minimum atomic E-state index is -1.19. The topological polar surface area (TPSA) is 269 Å². The van der Waals surface area contributed by atoms with E-state index in [1.165, 1.54) is 4.90 Å². The van der Waals surface area contributed by atoms with Crippen molar-refractivity contribution in [2.45, 2.75) is 101 Å². The summed E-state index contributed by atoms with van der Waals surface area (Å²) in [6.45, 7) is 0.909. The van der Waals surface area contributed by atoms with E-state index in [1.807, 2.05) is 0 Å². The molecule has 13 N–H and O–H groups in total. The van der Waals surface area contributed by atoms with Gasteiger partial charge in [0.1, 0.15) is 30.2 Å². The Balaban J connectivity index is 3.04. The van der Waals surface area contributed by atoms with Gasteiger partial charge in [-0.3, -0.25) is 19.2 Å². The Morgan fingerprint density at radius 3 is 1.68 bits per heavy atom. The summed E-state index contributed by atoms with van der Waals surface area (Å²) in [6.07, 6.45) is 4.92. The van der Waals surface area contributed by atoms with Crippen LogP contribution in [0.4, 0.5) is 0 Å². The molecule has 236 valence electrons. The number of aliphatic hydroxyl groups excluding tert-OH is 1. The van der Waals surface area contributed by atoms with Crippen LogP contribution in [0.1, 0.15) is 70.6 Å². The summed E-state index contributed by atoms with van der Waals surface area (Å²) >= 11 is 0. The summed E-state index contributed by atoms with van der Waals surface area (Å²) < 4.78 is 0. The lowest BCUT2D eigenvalue weighted by atomic mass is 10.0. The lowest BCUT2D eigenvalue weighted by Gasteiger charge is -2.29. The quantitative estimate of drug-likeness (QED) is 0.0621. The smallest absolute Gasteiger partial charge is 0.326 e. The zero-order chi connectivity index (χ0) is 30.8. The number of amides is 4. The third-order valence-electron chi connectivity index (χ3n) is 7.07. The molecular formula is C26H50N8O7. The first-order chi connectivity index (χ1) is 19.6. The van der Waals surface area contributed by atoms with E-state index < -0.39 is 66.4 Å². The normalized spacial score (nSPS) is 17.8. The van der Waals surface area contributed by atoms with Crippen LogP contribution in [-0.4, -0.2) is 108 Å². The van der Waals surface area contributed by atoms with E-state index in [0.717, 1.165) is 0 Å². The van der Waals surface area contributed by atoms with Gasteiger partial charge in [-0.05, 0) is 90.3 Å². The van der Waals surface area contributed by atoms with Gasteiger partial charge in [0.25, 0.3) is 0 Å². The molecule has 0 aromatic carbocycles. The number of hydrogen-bond donors (Lipinski definition) is 9. The zero-order valence-corrected chi connectivity index (χ0v) is 23.9. The second-order valence-corrected chi connectivity index (χ2v) is 10.4. The molecule has 4 amide bonds. The van der Waals surface area contributed by atoms with Crippen LogP contribution in [0.3, 0.4) is 0 Å². The summed E-state index contributed by atoms with van der Waals surface area (Å²) in [5.41, 5.74) is 22.4. The lowest BCUT2D eigenvalue weighted by molar-refractivity contribution is -0.142. The zero-order valence-electron chi connectivity index (χ0n) is 23.9. The highest BCUT2D eigenvalue weighted by atomic mass is 16.4. The van der Waals surface area contributed by atoms with Crippen molar-refractivity contribution in [1.29, 1.82) is 0 Å². The van der Waals surface area contributed by atoms with Crippen LogP contribution >= 0.6 is 0 Å². The van der Waals surface area contributed by atoms with Gasteiger partial charge in [0.05, 0.1) is 6.61 Å². The monoisotopic (exact) mass is 586 g/mol. The predicted molar refractivity (Wildman–Crippen MR) is 152 cm³/mol. The molecule has 0 saturated carbocycles. The standard InChI is InChI=1S/C26H50N8O7/c27-12-4-1-8-18(23(37)33-20(26(40)41)10-3-6-14-29)31-22(36)19(9-2-5-13-28)32-24(38)21-11-7-15-34(21)25(39)17(30)16-35/h17-21,35H,1-16,27-30H2,(H,31,36)(H,32,38)(H,33,37)(H,40,41)/t17-,18-,19-,20-,21-/m0/s1. The van der Waals surface area contributed by atoms with Crippen LogP contribution in [0.2, 0.25) is 0 Å². The number of nitrogens with zero attached hydrogens (tertiary/aromatic N) is 1. The summed E-state index contributed by atoms with van der Waals surface area (Å²) in [5.74, 6) is -3.53. The van der Waals surface area contributed by atoms with Gasteiger partial charge >= 0.3 is 5.97 Å². The molecule has 0 aromatic heterocycles. The van der Waals surface area contributed by atoms with E-state index in [9.17, 15) is 34.2 Å². The minimum absolute atomic E-state index is 0.191. The molecule has 5 atom stereocenters. The molecule has 1 aliphatic heterocycles. The fraction of sp³-hybridized carbons (Fsp3) is 0.808. The fourth-order valence-electron chi connectivity index (χ4n) is 4.68. The number of likely N-dealkylation sites (tertiary alicyclic amines) is 1. The molecule has 1 saturated heterocycles. The fourth-order valence-corrected chi connectivity index (χ4v) is 4.68. The van der Waals surface area contributed by atoms with Gasteiger partial charge in [0, 0.05) is 6.54 Å². The highest BCUT2D eigenvalue weighted by molar-refractivity contribution is 5.95. The molecule has 1 aliphatic rings. The summed E-state index contributed by atoms with van der Waals surface area (Å²) in [5, 5.41) is 26.7. The van der Waals surface area contributed by atoms with Crippen molar-refractivity contribution >= 4 is 29.6 Å². The van der Waals surface area contributed by atoms with Gasteiger partial charge in [-0.25, -0.2) is 4.79 Å². The lowest BCUT2D eigenvalue weighted by Crippen LogP contribution is -2.58. The van der Waals surface area contributed by atoms with Crippen LogP contribution in [-0.2, 0) is 24.0 Å². The third kappa shape index (κ3) is 12.7. The first kappa shape index (κ1) is 36.2. The van der Waals surface area contributed by atoms with Gasteiger partial charge in [-0.1, -0.05) is 0 Å². The number of carbonyl (C=O) groups is 5. The first-order valence-corrected chi connectivity index (χ1v) is 14.5. The first-order valence-electron chi connectivity index (χ1n) is 14.5. The van der Waals surface area contributed by atoms with Gasteiger partial charge in [-0.2, -0.15) is 0 Å². The highest BCUT2D eigenvalue weighted by Crippen LogP contribution is 2.19. The van der Waals surface area contributed by atoms with Crippen molar-refractivity contribution in [2.75, 3.05) is 32.8 Å². The molecule has 15 nitrogen and oxygen atoms in total. The molecule has 0 unspecified atom stereocenters. The van der Waals surface area contributed by atoms with Crippen molar-refractivity contribution in [1.82, 2.24) is 20.9 Å². The maximum absolute atomic E-state index is 13.4. The van der Waals surface area contributed by atoms with Crippen LogP contribution in [0, 0.1) is 0 Å². The van der Waals surface area contributed by atoms with Gasteiger partial charge in [0.15, 0.2) is 0 Å². The van der Waals surface area contributed by atoms with Gasteiger partial charge in [-0.15, -0.1) is 0 Å². The van der Waals surface area contributed by atoms with Crippen molar-refractivity contribution in [2.24, 2.45) is 22.9 Å². The van der Waals surface area contributed by atoms with E-state index in [-0.39, 0.29) is 19.3 Å². The predicted octanol–water partition coefficient (Wildman–Crippen LogP) is -2.78. The molecule has 0 spiro atoms. The summed E-state index contributed by atoms with van der Waals surface area (Å²) in [4.78, 5) is 65.3. The SMILES string of the molecule is NCCCC[C@H](NC(=O)[C@H](CCCCN)NC(=O)[C@H](CCCCN)NC(=O)[C@@H]1CCCN1C(=O)[C@@H](N)CO)C(=O)O. The van der Waals surface area contributed by atoms with Gasteiger partial charge in [0.2, 0.25) is 23.6 Å². The number of carboxylic acid groups (broad SMARTS) is 1. The number of carbonyl (C=O) groups excluding carboxylic acids is 4. The molecule has 15 heteroatoms. The largest absolute Gasteiger partial charge is 0.480 e. The highest BCUT2D eigenvalue weighted by Gasteiger charge is 2.38. The van der Waals surface area contributed by atoms with Crippen molar-refractivity contribution in [3.63, 3.8) is 0 Å². The second-order valence-electron chi connectivity index (χ2n) is 10.4. The third-order valence-corrected chi connectivity index (χ3v) is 7.07. The molecule has 0 bridgehead atoms. The van der Waals surface area contributed by atoms with Gasteiger partial charge < -0.3 is 54.0 Å². The number of nitrogens with one attached hydrogen (secondary N) is 3. The maximum atomic E-state index is 13.4. The Morgan fingerprint density at radius 2 is 1.22 bits per heavy atom. The summed E-state index contributed by atoms with van der Waals surface area (Å²) in [7, 11) is 0. The number of nitrogens with two attached hydrogens (primary N) is 4. The summed E-state index contributed by atoms with van der Waals surface area (Å²) in [6, 6.07) is -5.21. The van der Waals surface area contributed by atoms with E-state index in [1.54, 1.807) is 0 Å². The Labute approximate surface area is 241 Å². The number of aliphatic hydroxyl groups is 1. The van der Waals surface area contributed by atoms with E-state index >= 15 is 0 Å². The number of carboxylic acids is 1. The van der Waals surface area contributed by atoms with E-state index in [0.29, 0.717) is 77.5 Å². The number of rotatable bonds is 21. The molecular weight excluding hydrogens is 536 g/mol. The number of hydrogen-bond acceptors (Lipinski definition) is 10. The molecule has 1 rings (SSSR count). The second kappa shape index (κ2) is 20.1. The van der Waals surface area contributed by atoms with E-state index in [4.69, 9.17) is 22.9 Å². The maximum Gasteiger partial charge on any atom is 0.326 e. The van der Waals surface area contributed by atoms with Crippen molar-refractivity contribution in [3.05, 3.63) is 0 Å². The minimum Gasteiger partial charge on any atom is -0.480 e. The molecule has 0 radical (unpaired) electrons. The van der Waals surface area contributed by atoms with Crippen LogP contribution in [0.5, 0.6) is 0 Å². The average molecular weight is 587 g/mol. The number of aliphatic carboxylic acids is 1. The molecule has 41 heavy (non-hydrogen) atoms. The molecule has 1 heterocycles. The Bertz CT molecular complexity index is 847. The van der Waals surface area contributed by atoms with Crippen LogP contribution < -0.4 is 38.9 Å². The number of unbranched alkanes of at least 4 members (excludes halogenated alkanes) is 3. The average Bonchev–Trinajstić information content (AvgIpc) is 3.45. The van der Waals surface area contributed by atoms with Crippen molar-refractivity contribution < 1.29 is 34.2 Å². The molecule has 0 aromatic rings. The molecule has 0 aliphatic carbocycles. The van der Waals surface area contributed by atoms with Crippen molar-refractivity contribution in [3.8, 4) is 0 Å².